The van der Waals surface area contributed by atoms with Crippen molar-refractivity contribution in [3.05, 3.63) is 66.1 Å². The second kappa shape index (κ2) is 11.7. The van der Waals surface area contributed by atoms with Crippen LogP contribution in [-0.4, -0.2) is 52.1 Å². The zero-order chi connectivity index (χ0) is 19.8. The molecule has 2 N–H and O–H groups in total. The van der Waals surface area contributed by atoms with Crippen molar-refractivity contribution >= 4 is 35.6 Å². The van der Waals surface area contributed by atoms with Gasteiger partial charge >= 0.3 is 0 Å². The predicted molar refractivity (Wildman–Crippen MR) is 129 cm³/mol. The van der Waals surface area contributed by atoms with Crippen LogP contribution in [0, 0.1) is 0 Å². The average molecular weight is 507 g/mol. The van der Waals surface area contributed by atoms with Gasteiger partial charge in [-0.25, -0.2) is 0 Å². The van der Waals surface area contributed by atoms with E-state index in [0.717, 1.165) is 37.1 Å². The van der Waals surface area contributed by atoms with E-state index in [1.165, 1.54) is 5.56 Å². The first kappa shape index (κ1) is 23.1. The molecule has 0 saturated heterocycles. The summed E-state index contributed by atoms with van der Waals surface area (Å²) in [7, 11) is 1.78. The van der Waals surface area contributed by atoms with Crippen LogP contribution < -0.4 is 10.6 Å². The number of nitrogens with zero attached hydrogens (tertiary/aromatic N) is 5. The lowest BCUT2D eigenvalue weighted by atomic mass is 10.1. The van der Waals surface area contributed by atoms with E-state index in [9.17, 15) is 0 Å². The molecule has 0 radical (unpaired) electrons. The number of likely N-dealkylation sites (N-methyl/N-ethyl adjacent to an activating group) is 1. The van der Waals surface area contributed by atoms with Crippen LogP contribution in [0.15, 0.2) is 59.7 Å². The van der Waals surface area contributed by atoms with E-state index in [4.69, 9.17) is 0 Å². The molecule has 3 aromatic rings. The SMILES string of the molecule is CCN(CC)C(CNC(=NC)NCc1nnc2ccccn12)c1ccccc1.I. The Morgan fingerprint density at radius 2 is 1.76 bits per heavy atom. The number of guanidine groups is 1. The van der Waals surface area contributed by atoms with Crippen molar-refractivity contribution in [1.82, 2.24) is 30.1 Å². The predicted octanol–water partition coefficient (Wildman–Crippen LogP) is 3.10. The number of hydrogen-bond donors (Lipinski definition) is 2. The minimum absolute atomic E-state index is 0. The molecule has 8 heteroatoms. The summed E-state index contributed by atoms with van der Waals surface area (Å²) in [6.07, 6.45) is 1.97. The van der Waals surface area contributed by atoms with Crippen molar-refractivity contribution in [2.24, 2.45) is 4.99 Å². The minimum atomic E-state index is 0. The topological polar surface area (TPSA) is 69.8 Å². The molecule has 0 amide bonds. The molecule has 1 atom stereocenters. The van der Waals surface area contributed by atoms with Crippen LogP contribution in [-0.2, 0) is 6.54 Å². The summed E-state index contributed by atoms with van der Waals surface area (Å²) < 4.78 is 1.98. The van der Waals surface area contributed by atoms with Crippen LogP contribution in [0.4, 0.5) is 0 Å². The van der Waals surface area contributed by atoms with Gasteiger partial charge < -0.3 is 10.6 Å². The summed E-state index contributed by atoms with van der Waals surface area (Å²) in [6, 6.07) is 16.8. The zero-order valence-corrected chi connectivity index (χ0v) is 19.6. The molecule has 0 fully saturated rings. The monoisotopic (exact) mass is 507 g/mol. The van der Waals surface area contributed by atoms with Gasteiger partial charge in [0.05, 0.1) is 12.6 Å². The maximum atomic E-state index is 4.36. The summed E-state index contributed by atoms with van der Waals surface area (Å²) >= 11 is 0. The molecular weight excluding hydrogens is 477 g/mol. The number of pyridine rings is 1. The third-order valence-electron chi connectivity index (χ3n) is 4.92. The highest BCUT2D eigenvalue weighted by molar-refractivity contribution is 14.0. The number of hydrogen-bond acceptors (Lipinski definition) is 4. The van der Waals surface area contributed by atoms with Crippen molar-refractivity contribution in [1.29, 1.82) is 0 Å². The maximum absolute atomic E-state index is 4.36. The van der Waals surface area contributed by atoms with Crippen molar-refractivity contribution < 1.29 is 0 Å². The largest absolute Gasteiger partial charge is 0.354 e. The van der Waals surface area contributed by atoms with E-state index in [-0.39, 0.29) is 30.0 Å². The van der Waals surface area contributed by atoms with Crippen LogP contribution in [0.3, 0.4) is 0 Å². The first-order valence-corrected chi connectivity index (χ1v) is 9.79. The Bertz CT molecular complexity index is 890. The summed E-state index contributed by atoms with van der Waals surface area (Å²) in [6.45, 7) is 7.70. The number of fused-ring (bicyclic) bond motifs is 1. The molecule has 2 aromatic heterocycles. The summed E-state index contributed by atoms with van der Waals surface area (Å²) in [5.41, 5.74) is 2.14. The van der Waals surface area contributed by atoms with E-state index in [2.05, 4.69) is 74.9 Å². The van der Waals surface area contributed by atoms with Crippen molar-refractivity contribution in [2.75, 3.05) is 26.7 Å². The Morgan fingerprint density at radius 3 is 2.45 bits per heavy atom. The lowest BCUT2D eigenvalue weighted by Crippen LogP contribution is -2.43. The third kappa shape index (κ3) is 5.89. The van der Waals surface area contributed by atoms with Gasteiger partial charge in [0.1, 0.15) is 0 Å². The van der Waals surface area contributed by atoms with Gasteiger partial charge in [-0.05, 0) is 30.8 Å². The molecule has 0 aliphatic carbocycles. The molecule has 0 aliphatic rings. The second-order valence-corrected chi connectivity index (χ2v) is 6.50. The van der Waals surface area contributed by atoms with Crippen LogP contribution >= 0.6 is 24.0 Å². The Balaban J connectivity index is 0.00000300. The van der Waals surface area contributed by atoms with Crippen LogP contribution in [0.5, 0.6) is 0 Å². The average Bonchev–Trinajstić information content (AvgIpc) is 3.17. The molecule has 1 unspecified atom stereocenters. The highest BCUT2D eigenvalue weighted by atomic mass is 127. The van der Waals surface area contributed by atoms with Gasteiger partial charge in [0.2, 0.25) is 0 Å². The van der Waals surface area contributed by atoms with Gasteiger partial charge in [0.25, 0.3) is 0 Å². The van der Waals surface area contributed by atoms with Gasteiger partial charge in [-0.2, -0.15) is 0 Å². The third-order valence-corrected chi connectivity index (χ3v) is 4.92. The Morgan fingerprint density at radius 1 is 1.03 bits per heavy atom. The van der Waals surface area contributed by atoms with E-state index in [0.29, 0.717) is 6.54 Å². The zero-order valence-electron chi connectivity index (χ0n) is 17.2. The fourth-order valence-corrected chi connectivity index (χ4v) is 3.39. The number of nitrogens with one attached hydrogen (secondary N) is 2. The molecule has 7 nitrogen and oxygen atoms in total. The second-order valence-electron chi connectivity index (χ2n) is 6.50. The minimum Gasteiger partial charge on any atom is -0.354 e. The molecule has 1 aromatic carbocycles. The number of halogens is 1. The van der Waals surface area contributed by atoms with Crippen molar-refractivity contribution in [2.45, 2.75) is 26.4 Å². The lowest BCUT2D eigenvalue weighted by Gasteiger charge is -2.30. The van der Waals surface area contributed by atoms with Crippen molar-refractivity contribution in [3.63, 3.8) is 0 Å². The summed E-state index contributed by atoms with van der Waals surface area (Å²) in [5.74, 6) is 1.60. The molecule has 3 rings (SSSR count). The molecule has 0 saturated carbocycles. The van der Waals surface area contributed by atoms with Gasteiger partial charge in [0, 0.05) is 19.8 Å². The molecular formula is C21H30IN7. The number of benzene rings is 1. The molecule has 156 valence electrons. The smallest absolute Gasteiger partial charge is 0.191 e. The molecule has 0 spiro atoms. The van der Waals surface area contributed by atoms with Gasteiger partial charge in [0.15, 0.2) is 17.4 Å². The van der Waals surface area contributed by atoms with Crippen LogP contribution in [0.2, 0.25) is 0 Å². The van der Waals surface area contributed by atoms with E-state index >= 15 is 0 Å². The fourth-order valence-electron chi connectivity index (χ4n) is 3.39. The Hall–Kier alpha value is -2.20. The number of rotatable bonds is 8. The van der Waals surface area contributed by atoms with Crippen LogP contribution in [0.1, 0.15) is 31.3 Å². The van der Waals surface area contributed by atoms with Gasteiger partial charge in [-0.1, -0.05) is 50.2 Å². The molecule has 0 bridgehead atoms. The maximum Gasteiger partial charge on any atom is 0.191 e. The van der Waals surface area contributed by atoms with E-state index < -0.39 is 0 Å². The summed E-state index contributed by atoms with van der Waals surface area (Å²) in [5, 5.41) is 15.3. The highest BCUT2D eigenvalue weighted by Gasteiger charge is 2.18. The molecule has 0 aliphatic heterocycles. The normalized spacial score (nSPS) is 12.6. The first-order chi connectivity index (χ1) is 13.8. The standard InChI is InChI=1S/C21H29N7.HI/c1-4-27(5-2)18(17-11-7-6-8-12-17)15-23-21(22-3)24-16-20-26-25-19-13-9-10-14-28(19)20;/h6-14,18H,4-5,15-16H2,1-3H3,(H2,22,23,24);1H. The van der Waals surface area contributed by atoms with Crippen molar-refractivity contribution in [3.8, 4) is 0 Å². The quantitative estimate of drug-likeness (QED) is 0.279. The lowest BCUT2D eigenvalue weighted by molar-refractivity contribution is 0.219. The van der Waals surface area contributed by atoms with E-state index in [1.807, 2.05) is 28.8 Å². The Kier molecular flexibility index (Phi) is 9.33. The summed E-state index contributed by atoms with van der Waals surface area (Å²) in [4.78, 5) is 6.81. The first-order valence-electron chi connectivity index (χ1n) is 9.79. The fraction of sp³-hybridized carbons (Fsp3) is 0.381. The number of aromatic nitrogens is 3. The highest BCUT2D eigenvalue weighted by Crippen LogP contribution is 2.19. The van der Waals surface area contributed by atoms with Gasteiger partial charge in [-0.15, -0.1) is 34.2 Å². The molecule has 29 heavy (non-hydrogen) atoms. The Labute approximate surface area is 189 Å². The van der Waals surface area contributed by atoms with Gasteiger partial charge in [-0.3, -0.25) is 14.3 Å². The van der Waals surface area contributed by atoms with Crippen LogP contribution in [0.25, 0.3) is 5.65 Å². The number of aliphatic imine (C=N–C) groups is 1. The molecule has 2 heterocycles. The van der Waals surface area contributed by atoms with E-state index in [1.54, 1.807) is 7.05 Å².